The van der Waals surface area contributed by atoms with E-state index in [0.29, 0.717) is 30.5 Å². The Morgan fingerprint density at radius 3 is 2.46 bits per heavy atom. The SMILES string of the molecule is CC1CC(C)CN(c2ccc(C(=O)N3CCCC[C@@H]3C(=O)O)cc2[N+](=O)[O-])C1. The Hall–Kier alpha value is -2.64. The number of hydrogen-bond acceptors (Lipinski definition) is 5. The molecule has 3 atom stereocenters. The average Bonchev–Trinajstić information content (AvgIpc) is 2.66. The molecule has 0 aliphatic carbocycles. The van der Waals surface area contributed by atoms with E-state index >= 15 is 0 Å². The van der Waals surface area contributed by atoms with Crippen molar-refractivity contribution < 1.29 is 19.6 Å². The topological polar surface area (TPSA) is 104 Å². The normalized spacial score (nSPS) is 25.4. The number of nitro groups is 1. The molecule has 2 aliphatic rings. The molecule has 0 bridgehead atoms. The Morgan fingerprint density at radius 2 is 1.86 bits per heavy atom. The highest BCUT2D eigenvalue weighted by molar-refractivity contribution is 5.98. The van der Waals surface area contributed by atoms with Gasteiger partial charge >= 0.3 is 5.97 Å². The number of anilines is 1. The van der Waals surface area contributed by atoms with Gasteiger partial charge in [0.1, 0.15) is 11.7 Å². The molecule has 28 heavy (non-hydrogen) atoms. The van der Waals surface area contributed by atoms with Crippen LogP contribution in [0.15, 0.2) is 18.2 Å². The number of rotatable bonds is 4. The number of hydrogen-bond donors (Lipinski definition) is 1. The maximum absolute atomic E-state index is 12.9. The van der Waals surface area contributed by atoms with Crippen LogP contribution in [-0.2, 0) is 4.79 Å². The highest BCUT2D eigenvalue weighted by atomic mass is 16.6. The summed E-state index contributed by atoms with van der Waals surface area (Å²) in [7, 11) is 0. The lowest BCUT2D eigenvalue weighted by Gasteiger charge is -2.36. The molecule has 2 aliphatic heterocycles. The van der Waals surface area contributed by atoms with Gasteiger partial charge in [0.2, 0.25) is 0 Å². The van der Waals surface area contributed by atoms with Crippen LogP contribution >= 0.6 is 0 Å². The van der Waals surface area contributed by atoms with Crippen LogP contribution in [0.4, 0.5) is 11.4 Å². The Labute approximate surface area is 164 Å². The van der Waals surface area contributed by atoms with Crippen LogP contribution in [-0.4, -0.2) is 52.5 Å². The number of carboxylic acids is 1. The molecule has 1 N–H and O–H groups in total. The van der Waals surface area contributed by atoms with Crippen LogP contribution < -0.4 is 4.90 Å². The summed E-state index contributed by atoms with van der Waals surface area (Å²) >= 11 is 0. The van der Waals surface area contributed by atoms with E-state index in [0.717, 1.165) is 32.4 Å². The number of nitrogens with zero attached hydrogens (tertiary/aromatic N) is 3. The van der Waals surface area contributed by atoms with Crippen molar-refractivity contribution in [3.63, 3.8) is 0 Å². The summed E-state index contributed by atoms with van der Waals surface area (Å²) in [6.07, 6.45) is 2.99. The van der Waals surface area contributed by atoms with Gasteiger partial charge in [-0.25, -0.2) is 4.79 Å². The third kappa shape index (κ3) is 4.10. The molecule has 152 valence electrons. The number of likely N-dealkylation sites (tertiary alicyclic amines) is 1. The van der Waals surface area contributed by atoms with Crippen LogP contribution in [0.1, 0.15) is 49.9 Å². The number of benzene rings is 1. The molecule has 3 rings (SSSR count). The molecule has 0 spiro atoms. The number of amides is 1. The molecule has 1 amide bonds. The molecule has 2 heterocycles. The van der Waals surface area contributed by atoms with Crippen molar-refractivity contribution in [2.75, 3.05) is 24.5 Å². The van der Waals surface area contributed by atoms with Crippen molar-refractivity contribution in [3.05, 3.63) is 33.9 Å². The fourth-order valence-corrected chi connectivity index (χ4v) is 4.53. The second-order valence-corrected chi connectivity index (χ2v) is 8.16. The first-order valence-electron chi connectivity index (χ1n) is 9.85. The fraction of sp³-hybridized carbons (Fsp3) is 0.600. The zero-order valence-corrected chi connectivity index (χ0v) is 16.3. The van der Waals surface area contributed by atoms with E-state index in [-0.39, 0.29) is 11.3 Å². The number of piperidine rings is 2. The van der Waals surface area contributed by atoms with Crippen molar-refractivity contribution in [3.8, 4) is 0 Å². The fourth-order valence-electron chi connectivity index (χ4n) is 4.53. The van der Waals surface area contributed by atoms with Crippen molar-refractivity contribution in [2.45, 2.75) is 45.6 Å². The van der Waals surface area contributed by atoms with E-state index in [2.05, 4.69) is 13.8 Å². The first-order chi connectivity index (χ1) is 13.3. The Kier molecular flexibility index (Phi) is 5.86. The van der Waals surface area contributed by atoms with Crippen LogP contribution in [0.3, 0.4) is 0 Å². The molecular weight excluding hydrogens is 362 g/mol. The smallest absolute Gasteiger partial charge is 0.326 e. The molecule has 0 saturated carbocycles. The minimum Gasteiger partial charge on any atom is -0.480 e. The van der Waals surface area contributed by atoms with Gasteiger partial charge in [-0.1, -0.05) is 13.8 Å². The standard InChI is InChI=1S/C20H27N3O5/c1-13-9-14(2)12-21(11-13)16-7-6-15(10-18(16)23(27)28)19(24)22-8-4-3-5-17(22)20(25)26/h6-7,10,13-14,17H,3-5,8-9,11-12H2,1-2H3,(H,25,26)/t13?,14?,17-/m1/s1. The predicted molar refractivity (Wildman–Crippen MR) is 105 cm³/mol. The number of carboxylic acid groups (broad SMARTS) is 1. The van der Waals surface area contributed by atoms with Gasteiger partial charge in [-0.05, 0) is 49.7 Å². The molecule has 8 nitrogen and oxygen atoms in total. The first kappa shape index (κ1) is 20.1. The second-order valence-electron chi connectivity index (χ2n) is 8.16. The summed E-state index contributed by atoms with van der Waals surface area (Å²) in [6, 6.07) is 3.65. The minimum absolute atomic E-state index is 0.101. The van der Waals surface area contributed by atoms with Crippen LogP contribution in [0.2, 0.25) is 0 Å². The largest absolute Gasteiger partial charge is 0.480 e. The number of nitro benzene ring substituents is 1. The summed E-state index contributed by atoms with van der Waals surface area (Å²) in [5.74, 6) is -0.610. The van der Waals surface area contributed by atoms with Crippen LogP contribution in [0, 0.1) is 22.0 Å². The lowest BCUT2D eigenvalue weighted by atomic mass is 9.91. The first-order valence-corrected chi connectivity index (χ1v) is 9.85. The maximum atomic E-state index is 12.9. The third-order valence-corrected chi connectivity index (χ3v) is 5.68. The van der Waals surface area contributed by atoms with Crippen molar-refractivity contribution in [1.82, 2.24) is 4.90 Å². The molecular formula is C20H27N3O5. The predicted octanol–water partition coefficient (Wildman–Crippen LogP) is 3.16. The third-order valence-electron chi connectivity index (χ3n) is 5.68. The summed E-state index contributed by atoms with van der Waals surface area (Å²) in [5.41, 5.74) is 0.589. The van der Waals surface area contributed by atoms with E-state index < -0.39 is 22.8 Å². The van der Waals surface area contributed by atoms with E-state index in [1.54, 1.807) is 12.1 Å². The molecule has 8 heteroatoms. The van der Waals surface area contributed by atoms with E-state index in [1.807, 2.05) is 4.90 Å². The van der Waals surface area contributed by atoms with Gasteiger partial charge in [-0.3, -0.25) is 14.9 Å². The highest BCUT2D eigenvalue weighted by Crippen LogP contribution is 2.34. The van der Waals surface area contributed by atoms with E-state index in [4.69, 9.17) is 0 Å². The Bertz CT molecular complexity index is 771. The number of aliphatic carboxylic acids is 1. The quantitative estimate of drug-likeness (QED) is 0.627. The van der Waals surface area contributed by atoms with Gasteiger partial charge in [-0.2, -0.15) is 0 Å². The molecule has 0 aromatic heterocycles. The summed E-state index contributed by atoms with van der Waals surface area (Å²) in [6.45, 7) is 6.10. The van der Waals surface area contributed by atoms with Crippen molar-refractivity contribution >= 4 is 23.3 Å². The van der Waals surface area contributed by atoms with Gasteiger partial charge in [0.05, 0.1) is 4.92 Å². The van der Waals surface area contributed by atoms with Crippen molar-refractivity contribution in [2.24, 2.45) is 11.8 Å². The molecule has 0 radical (unpaired) electrons. The maximum Gasteiger partial charge on any atom is 0.326 e. The van der Waals surface area contributed by atoms with Gasteiger partial charge in [0.15, 0.2) is 0 Å². The second kappa shape index (κ2) is 8.16. The Balaban J connectivity index is 1.91. The molecule has 1 aromatic carbocycles. The number of carbonyl (C=O) groups excluding carboxylic acids is 1. The summed E-state index contributed by atoms with van der Waals surface area (Å²) in [5, 5.41) is 21.1. The lowest BCUT2D eigenvalue weighted by Crippen LogP contribution is -2.48. The van der Waals surface area contributed by atoms with E-state index in [9.17, 15) is 24.8 Å². The monoisotopic (exact) mass is 389 g/mol. The summed E-state index contributed by atoms with van der Waals surface area (Å²) < 4.78 is 0. The van der Waals surface area contributed by atoms with E-state index in [1.165, 1.54) is 11.0 Å². The summed E-state index contributed by atoms with van der Waals surface area (Å²) in [4.78, 5) is 39.0. The molecule has 2 saturated heterocycles. The van der Waals surface area contributed by atoms with Gasteiger partial charge < -0.3 is 14.9 Å². The molecule has 2 unspecified atom stereocenters. The number of carbonyl (C=O) groups is 2. The molecule has 1 aromatic rings. The van der Waals surface area contributed by atoms with Gasteiger partial charge in [-0.15, -0.1) is 0 Å². The van der Waals surface area contributed by atoms with Crippen LogP contribution in [0.25, 0.3) is 0 Å². The zero-order chi connectivity index (χ0) is 20.4. The minimum atomic E-state index is -1.03. The van der Waals surface area contributed by atoms with Crippen molar-refractivity contribution in [1.29, 1.82) is 0 Å². The van der Waals surface area contributed by atoms with Gasteiger partial charge in [0.25, 0.3) is 11.6 Å². The Morgan fingerprint density at radius 1 is 1.18 bits per heavy atom. The molecule has 2 fully saturated rings. The highest BCUT2D eigenvalue weighted by Gasteiger charge is 2.34. The van der Waals surface area contributed by atoms with Crippen LogP contribution in [0.5, 0.6) is 0 Å². The average molecular weight is 389 g/mol. The van der Waals surface area contributed by atoms with Gasteiger partial charge in [0, 0.05) is 31.3 Å². The zero-order valence-electron chi connectivity index (χ0n) is 16.3. The lowest BCUT2D eigenvalue weighted by molar-refractivity contribution is -0.384.